The van der Waals surface area contributed by atoms with Crippen LogP contribution >= 0.6 is 34.9 Å². The zero-order chi connectivity index (χ0) is 29.4. The van der Waals surface area contributed by atoms with Gasteiger partial charge >= 0.3 is 0 Å². The van der Waals surface area contributed by atoms with Crippen molar-refractivity contribution in [2.24, 2.45) is 11.0 Å². The minimum atomic E-state index is -0.154. The maximum Gasteiger partial charge on any atom is 0.241 e. The van der Waals surface area contributed by atoms with Crippen LogP contribution in [-0.2, 0) is 29.3 Å². The Bertz CT molecular complexity index is 1820. The van der Waals surface area contributed by atoms with Crippen molar-refractivity contribution in [1.29, 1.82) is 0 Å². The fraction of sp³-hybridized carbons (Fsp3) is 0.367. The van der Waals surface area contributed by atoms with Crippen molar-refractivity contribution in [3.05, 3.63) is 63.5 Å². The van der Waals surface area contributed by atoms with Gasteiger partial charge in [0.2, 0.25) is 19.5 Å². The molecule has 11 nitrogen and oxygen atoms in total. The molecule has 1 N–H and O–H groups in total. The molecule has 44 heavy (non-hydrogen) atoms. The molecule has 0 spiro atoms. The van der Waals surface area contributed by atoms with Gasteiger partial charge in [0.1, 0.15) is 5.00 Å². The molecule has 4 aromatic rings. The van der Waals surface area contributed by atoms with Crippen LogP contribution in [0.4, 0.5) is 5.95 Å². The lowest BCUT2D eigenvalue weighted by atomic mass is 9.93. The maximum absolute atomic E-state index is 6.29. The standard InChI is InChI=1S/C30H28N6O5S3/c1-15(2)21-9-18-24(10-37-21)44-27-25(18)26-31-33-29(42-11-16-3-5-19-22(7-16)40-13-38-19)35(26)28-32-34-30(36(27)28)43-12-17-4-6-20-23(8-17)41-14-39-20/h3-8,15,21,26,31H,9-14H2,1-2H3/t21-,26?/m0/s1. The Morgan fingerprint density at radius 3 is 2.36 bits per heavy atom. The van der Waals surface area contributed by atoms with Crippen LogP contribution < -0.4 is 29.3 Å². The number of nitrogens with one attached hydrogen (secondary N) is 1. The molecule has 9 rings (SSSR count). The van der Waals surface area contributed by atoms with Gasteiger partial charge in [-0.05, 0) is 46.9 Å². The van der Waals surface area contributed by atoms with Crippen LogP contribution in [0.3, 0.4) is 0 Å². The number of thiophene rings is 1. The zero-order valence-electron chi connectivity index (χ0n) is 23.9. The number of benzene rings is 2. The molecule has 226 valence electrons. The summed E-state index contributed by atoms with van der Waals surface area (Å²) in [6.45, 7) is 5.60. The normalized spacial score (nSPS) is 20.2. The van der Waals surface area contributed by atoms with Crippen molar-refractivity contribution >= 4 is 46.0 Å². The number of hydrogen-bond donors (Lipinski definition) is 1. The largest absolute Gasteiger partial charge is 0.454 e. The first-order valence-corrected chi connectivity index (χ1v) is 17.3. The van der Waals surface area contributed by atoms with Crippen LogP contribution in [0.1, 0.15) is 47.1 Å². The molecule has 0 radical (unpaired) electrons. The van der Waals surface area contributed by atoms with Crippen molar-refractivity contribution in [2.45, 2.75) is 55.8 Å². The van der Waals surface area contributed by atoms with Gasteiger partial charge in [-0.1, -0.05) is 49.5 Å². The second-order valence-corrected chi connectivity index (χ2v) is 14.4. The quantitative estimate of drug-likeness (QED) is 0.257. The molecule has 0 saturated carbocycles. The summed E-state index contributed by atoms with van der Waals surface area (Å²) in [5.41, 5.74) is 8.33. The van der Waals surface area contributed by atoms with E-state index in [1.807, 2.05) is 24.3 Å². The van der Waals surface area contributed by atoms with E-state index in [0.29, 0.717) is 12.5 Å². The molecular formula is C30H28N6O5S3. The van der Waals surface area contributed by atoms with E-state index in [0.717, 1.165) is 73.3 Å². The first-order valence-electron chi connectivity index (χ1n) is 14.5. The summed E-state index contributed by atoms with van der Waals surface area (Å²) in [7, 11) is 0. The molecule has 14 heteroatoms. The van der Waals surface area contributed by atoms with Crippen LogP contribution in [0.2, 0.25) is 0 Å². The molecule has 5 aliphatic rings. The van der Waals surface area contributed by atoms with E-state index in [-0.39, 0.29) is 25.9 Å². The van der Waals surface area contributed by atoms with E-state index >= 15 is 0 Å². The molecule has 0 aliphatic carbocycles. The minimum Gasteiger partial charge on any atom is -0.454 e. The summed E-state index contributed by atoms with van der Waals surface area (Å²) >= 11 is 5.11. The van der Waals surface area contributed by atoms with Crippen molar-refractivity contribution < 1.29 is 23.7 Å². The van der Waals surface area contributed by atoms with Gasteiger partial charge in [-0.2, -0.15) is 5.10 Å². The summed E-state index contributed by atoms with van der Waals surface area (Å²) in [6, 6.07) is 12.2. The fourth-order valence-corrected chi connectivity index (χ4v) is 9.19. The van der Waals surface area contributed by atoms with Gasteiger partial charge < -0.3 is 23.7 Å². The lowest BCUT2D eigenvalue weighted by Gasteiger charge is -2.33. The highest BCUT2D eigenvalue weighted by atomic mass is 32.2. The van der Waals surface area contributed by atoms with Gasteiger partial charge in [0, 0.05) is 28.4 Å². The number of nitrogens with zero attached hydrogens (tertiary/aromatic N) is 5. The van der Waals surface area contributed by atoms with E-state index in [9.17, 15) is 0 Å². The van der Waals surface area contributed by atoms with Gasteiger partial charge in [-0.3, -0.25) is 10.3 Å². The second kappa shape index (κ2) is 10.5. The Hall–Kier alpha value is -3.59. The topological polar surface area (TPSA) is 104 Å². The maximum atomic E-state index is 6.29. The number of rotatable bonds is 6. The first kappa shape index (κ1) is 26.8. The van der Waals surface area contributed by atoms with Crippen molar-refractivity contribution in [1.82, 2.24) is 20.2 Å². The number of thioether (sulfide) groups is 2. The van der Waals surface area contributed by atoms with Gasteiger partial charge in [-0.25, -0.2) is 4.57 Å². The second-order valence-electron chi connectivity index (χ2n) is 11.4. The molecule has 0 saturated heterocycles. The van der Waals surface area contributed by atoms with Gasteiger partial charge in [0.25, 0.3) is 0 Å². The van der Waals surface area contributed by atoms with E-state index in [1.165, 1.54) is 16.0 Å². The van der Waals surface area contributed by atoms with Crippen LogP contribution in [0, 0.1) is 5.92 Å². The van der Waals surface area contributed by atoms with E-state index in [2.05, 4.69) is 40.9 Å². The Morgan fingerprint density at radius 1 is 0.932 bits per heavy atom. The molecule has 7 heterocycles. The van der Waals surface area contributed by atoms with Crippen molar-refractivity contribution in [3.8, 4) is 28.0 Å². The average Bonchev–Trinajstić information content (AvgIpc) is 3.86. The summed E-state index contributed by atoms with van der Waals surface area (Å²) in [6.07, 6.45) is 0.902. The molecule has 2 aromatic carbocycles. The lowest BCUT2D eigenvalue weighted by molar-refractivity contribution is 0.00135. The number of amidine groups is 1. The summed E-state index contributed by atoms with van der Waals surface area (Å²) in [5, 5.41) is 17.1. The SMILES string of the molecule is CC(C)[C@@H]1Cc2c(sc3c2C2NN=C(SCc4ccc5c(c4)OCO5)N2c2nnc(SCc4ccc5c(c4)OCO5)n2-3)CO1. The van der Waals surface area contributed by atoms with Crippen LogP contribution in [-0.4, -0.2) is 39.6 Å². The third-order valence-electron chi connectivity index (χ3n) is 8.35. The number of aromatic nitrogens is 3. The molecule has 1 unspecified atom stereocenters. The van der Waals surface area contributed by atoms with Crippen LogP contribution in [0.15, 0.2) is 46.7 Å². The van der Waals surface area contributed by atoms with Gasteiger partial charge in [-0.15, -0.1) is 21.5 Å². The third-order valence-corrected chi connectivity index (χ3v) is 11.6. The molecule has 5 aliphatic heterocycles. The van der Waals surface area contributed by atoms with E-state index in [1.54, 1.807) is 34.9 Å². The van der Waals surface area contributed by atoms with Crippen molar-refractivity contribution in [3.63, 3.8) is 0 Å². The average molecular weight is 649 g/mol. The molecule has 0 fully saturated rings. The monoisotopic (exact) mass is 648 g/mol. The summed E-state index contributed by atoms with van der Waals surface area (Å²) in [5.74, 6) is 5.76. The van der Waals surface area contributed by atoms with E-state index in [4.69, 9.17) is 39.0 Å². The van der Waals surface area contributed by atoms with Crippen LogP contribution in [0.25, 0.3) is 5.00 Å². The van der Waals surface area contributed by atoms with Gasteiger partial charge in [0.05, 0.1) is 12.7 Å². The fourth-order valence-electron chi connectivity index (χ4n) is 6.05. The zero-order valence-corrected chi connectivity index (χ0v) is 26.4. The Labute approximate surface area is 265 Å². The highest BCUT2D eigenvalue weighted by Crippen LogP contribution is 2.50. The highest BCUT2D eigenvalue weighted by Gasteiger charge is 2.45. The van der Waals surface area contributed by atoms with Gasteiger partial charge in [0.15, 0.2) is 39.5 Å². The van der Waals surface area contributed by atoms with Crippen molar-refractivity contribution in [2.75, 3.05) is 18.5 Å². The molecule has 2 atom stereocenters. The summed E-state index contributed by atoms with van der Waals surface area (Å²) < 4.78 is 30.7. The predicted octanol–water partition coefficient (Wildman–Crippen LogP) is 5.80. The van der Waals surface area contributed by atoms with Crippen LogP contribution in [0.5, 0.6) is 23.0 Å². The minimum absolute atomic E-state index is 0.154. The predicted molar refractivity (Wildman–Crippen MR) is 168 cm³/mol. The number of hydrogen-bond acceptors (Lipinski definition) is 13. The molecular weight excluding hydrogens is 621 g/mol. The Balaban J connectivity index is 1.06. The molecule has 0 amide bonds. The first-order chi connectivity index (χ1) is 21.6. The highest BCUT2D eigenvalue weighted by molar-refractivity contribution is 8.13. The third kappa shape index (κ3) is 4.33. The Morgan fingerprint density at radius 2 is 1.64 bits per heavy atom. The lowest BCUT2D eigenvalue weighted by Crippen LogP contribution is -2.38. The summed E-state index contributed by atoms with van der Waals surface area (Å²) in [4.78, 5) is 3.47. The number of ether oxygens (including phenoxy) is 5. The number of anilines is 1. The Kier molecular flexibility index (Phi) is 6.39. The molecule has 0 bridgehead atoms. The number of hydrazone groups is 1. The molecule has 2 aromatic heterocycles. The number of fused-ring (bicyclic) bond motifs is 10. The smallest absolute Gasteiger partial charge is 0.241 e. The van der Waals surface area contributed by atoms with E-state index < -0.39 is 0 Å².